The zero-order valence-corrected chi connectivity index (χ0v) is 25.3. The lowest BCUT2D eigenvalue weighted by Crippen LogP contribution is -2.15. The van der Waals surface area contributed by atoms with Gasteiger partial charge in [0.1, 0.15) is 17.3 Å². The van der Waals surface area contributed by atoms with E-state index in [9.17, 15) is 0 Å². The number of ether oxygens (including phenoxy) is 2. The molecule has 1 aliphatic heterocycles. The number of aliphatic imine (C=N–C) groups is 1. The van der Waals surface area contributed by atoms with Crippen LogP contribution >= 0.6 is 27.7 Å². The second kappa shape index (κ2) is 16.0. The second-order valence-electron chi connectivity index (χ2n) is 9.77. The van der Waals surface area contributed by atoms with Gasteiger partial charge in [0.15, 0.2) is 5.84 Å². The molecule has 8 heteroatoms. The number of anilines is 1. The summed E-state index contributed by atoms with van der Waals surface area (Å²) >= 11 is 5.34. The number of fused-ring (bicyclic) bond motifs is 1. The van der Waals surface area contributed by atoms with E-state index in [0.717, 1.165) is 39.9 Å². The van der Waals surface area contributed by atoms with Crippen LogP contribution < -0.4 is 20.9 Å². The minimum atomic E-state index is 0.108. The maximum absolute atomic E-state index is 8.57. The smallest absolute Gasteiger partial charge is 0.158 e. The Morgan fingerprint density at radius 3 is 1.95 bits per heavy atom. The highest BCUT2D eigenvalue weighted by atomic mass is 79.9. The Labute approximate surface area is 241 Å². The van der Waals surface area contributed by atoms with E-state index in [0.29, 0.717) is 47.4 Å². The summed E-state index contributed by atoms with van der Waals surface area (Å²) in [6, 6.07) is 7.78. The molecule has 0 aromatic heterocycles. The number of hydrogen-bond acceptors (Lipinski definition) is 6. The van der Waals surface area contributed by atoms with Gasteiger partial charge in [0.25, 0.3) is 0 Å². The third-order valence-corrected chi connectivity index (χ3v) is 8.86. The van der Waals surface area contributed by atoms with Crippen molar-refractivity contribution < 1.29 is 9.47 Å². The predicted molar refractivity (Wildman–Crippen MR) is 164 cm³/mol. The first kappa shape index (κ1) is 30.4. The molecule has 3 rings (SSSR count). The molecule has 0 aliphatic carbocycles. The first-order valence-electron chi connectivity index (χ1n) is 14.1. The number of nitrogen functional groups attached to an aromatic ring is 1. The van der Waals surface area contributed by atoms with Crippen molar-refractivity contribution >= 4 is 45.1 Å². The van der Waals surface area contributed by atoms with E-state index in [2.05, 4.69) is 34.8 Å². The monoisotopic (exact) mass is 602 g/mol. The molecule has 2 aromatic carbocycles. The first-order chi connectivity index (χ1) is 18.5. The zero-order chi connectivity index (χ0) is 27.3. The highest BCUT2D eigenvalue weighted by Crippen LogP contribution is 2.51. The number of amidine groups is 2. The summed E-state index contributed by atoms with van der Waals surface area (Å²) in [5.41, 5.74) is 14.6. The summed E-state index contributed by atoms with van der Waals surface area (Å²) in [4.78, 5) is 6.07. The lowest BCUT2D eigenvalue weighted by Gasteiger charge is -2.21. The minimum absolute atomic E-state index is 0.108. The summed E-state index contributed by atoms with van der Waals surface area (Å²) in [6.45, 7) is 5.59. The van der Waals surface area contributed by atoms with E-state index < -0.39 is 0 Å². The Hall–Kier alpha value is -2.19. The molecule has 6 nitrogen and oxygen atoms in total. The summed E-state index contributed by atoms with van der Waals surface area (Å²) in [5.74, 6) is 1.65. The van der Waals surface area contributed by atoms with Crippen molar-refractivity contribution in [1.82, 2.24) is 0 Å². The normalized spacial score (nSPS) is 12.5. The quantitative estimate of drug-likeness (QED) is 0.117. The van der Waals surface area contributed by atoms with Crippen LogP contribution in [0.5, 0.6) is 11.5 Å². The van der Waals surface area contributed by atoms with Gasteiger partial charge < -0.3 is 20.9 Å². The second-order valence-corrected chi connectivity index (χ2v) is 11.6. The average molecular weight is 604 g/mol. The van der Waals surface area contributed by atoms with Crippen LogP contribution in [0.3, 0.4) is 0 Å². The number of nitrogens with one attached hydrogen (secondary N) is 1. The third-order valence-electron chi connectivity index (χ3n) is 6.65. The standard InChI is InChI=1S/C30H43BrN4O2S/c1-3-5-7-9-11-15-19-36-26-23-24(30(34)35-29(23)33)27(37-20-16-12-10-8-6-4-2)28(25(26)31)38-22-18-14-13-17-21(22)32/h13-14,17-18H,3-12,15-16,19-20,32H2,1-2H3,(H3,33,34,35). The van der Waals surface area contributed by atoms with Crippen molar-refractivity contribution in [3.63, 3.8) is 0 Å². The molecule has 0 fully saturated rings. The molecule has 5 N–H and O–H groups in total. The Kier molecular flexibility index (Phi) is 12.8. The van der Waals surface area contributed by atoms with Crippen LogP contribution in [0.2, 0.25) is 0 Å². The van der Waals surface area contributed by atoms with Crippen LogP contribution in [-0.2, 0) is 0 Å². The predicted octanol–water partition coefficient (Wildman–Crippen LogP) is 8.71. The number of nitrogens with zero attached hydrogens (tertiary/aromatic N) is 1. The van der Waals surface area contributed by atoms with Crippen molar-refractivity contribution in [1.29, 1.82) is 5.41 Å². The number of benzene rings is 2. The fourth-order valence-corrected chi connectivity index (χ4v) is 6.24. The zero-order valence-electron chi connectivity index (χ0n) is 22.9. The molecular formula is C30H43BrN4O2S. The van der Waals surface area contributed by atoms with E-state index >= 15 is 0 Å². The molecule has 0 saturated heterocycles. The molecular weight excluding hydrogens is 560 g/mol. The summed E-state index contributed by atoms with van der Waals surface area (Å²) in [5, 5.41) is 8.57. The fraction of sp³-hybridized carbons (Fsp3) is 0.533. The molecule has 2 aromatic rings. The van der Waals surface area contributed by atoms with Crippen LogP contribution in [0.4, 0.5) is 5.69 Å². The summed E-state index contributed by atoms with van der Waals surface area (Å²) in [7, 11) is 0. The van der Waals surface area contributed by atoms with Crippen LogP contribution in [0.25, 0.3) is 0 Å². The molecule has 0 bridgehead atoms. The van der Waals surface area contributed by atoms with E-state index in [1.807, 2.05) is 24.3 Å². The Morgan fingerprint density at radius 1 is 0.789 bits per heavy atom. The molecule has 0 unspecified atom stereocenters. The highest BCUT2D eigenvalue weighted by Gasteiger charge is 2.33. The summed E-state index contributed by atoms with van der Waals surface area (Å²) in [6.07, 6.45) is 14.1. The van der Waals surface area contributed by atoms with Crippen LogP contribution in [-0.4, -0.2) is 24.9 Å². The number of para-hydroxylation sites is 1. The maximum Gasteiger partial charge on any atom is 0.158 e. The lowest BCUT2D eigenvalue weighted by molar-refractivity contribution is 0.288. The van der Waals surface area contributed by atoms with Crippen molar-refractivity contribution in [2.75, 3.05) is 18.9 Å². The third kappa shape index (κ3) is 8.15. The number of rotatable bonds is 18. The topological polar surface area (TPSA) is 107 Å². The van der Waals surface area contributed by atoms with Gasteiger partial charge in [-0.2, -0.15) is 0 Å². The summed E-state index contributed by atoms with van der Waals surface area (Å²) < 4.78 is 13.5. The van der Waals surface area contributed by atoms with E-state index in [4.69, 9.17) is 26.4 Å². The fourth-order valence-electron chi connectivity index (χ4n) is 4.52. The lowest BCUT2D eigenvalue weighted by atomic mass is 10.1. The van der Waals surface area contributed by atoms with Crippen LogP contribution in [0.1, 0.15) is 102 Å². The Morgan fingerprint density at radius 2 is 1.34 bits per heavy atom. The maximum atomic E-state index is 8.57. The Bertz CT molecular complexity index is 1110. The van der Waals surface area contributed by atoms with Crippen molar-refractivity contribution in [3.8, 4) is 11.5 Å². The molecule has 0 amide bonds. The number of nitrogens with two attached hydrogens (primary N) is 2. The van der Waals surface area contributed by atoms with Gasteiger partial charge in [-0.25, -0.2) is 4.99 Å². The van der Waals surface area contributed by atoms with Gasteiger partial charge in [0.05, 0.1) is 33.7 Å². The number of unbranched alkanes of at least 4 members (excludes halogenated alkanes) is 10. The van der Waals surface area contributed by atoms with Gasteiger partial charge in [-0.15, -0.1) is 0 Å². The van der Waals surface area contributed by atoms with Gasteiger partial charge in [-0.05, 0) is 40.9 Å². The van der Waals surface area contributed by atoms with E-state index in [1.165, 1.54) is 63.1 Å². The van der Waals surface area contributed by atoms with Gasteiger partial charge >= 0.3 is 0 Å². The SMILES string of the molecule is CCCCCCCCOc1c(Br)c(Sc2ccccc2N)c(OCCCCCCCC)c2c1C(=N)N=C2N. The molecule has 0 spiro atoms. The first-order valence-corrected chi connectivity index (χ1v) is 15.7. The van der Waals surface area contributed by atoms with Crippen LogP contribution in [0.15, 0.2) is 43.5 Å². The minimum Gasteiger partial charge on any atom is -0.492 e. The molecule has 38 heavy (non-hydrogen) atoms. The number of hydrogen-bond donors (Lipinski definition) is 3. The Balaban J connectivity index is 1.88. The van der Waals surface area contributed by atoms with Gasteiger partial charge in [-0.1, -0.05) is 102 Å². The van der Waals surface area contributed by atoms with Gasteiger partial charge in [-0.3, -0.25) is 5.41 Å². The molecule has 208 valence electrons. The van der Waals surface area contributed by atoms with E-state index in [-0.39, 0.29) is 5.84 Å². The van der Waals surface area contributed by atoms with Crippen LogP contribution in [0, 0.1) is 5.41 Å². The van der Waals surface area contributed by atoms with Crippen molar-refractivity contribution in [2.24, 2.45) is 10.7 Å². The van der Waals surface area contributed by atoms with Crippen molar-refractivity contribution in [3.05, 3.63) is 39.9 Å². The molecule has 1 heterocycles. The van der Waals surface area contributed by atoms with Gasteiger partial charge in [0.2, 0.25) is 0 Å². The highest BCUT2D eigenvalue weighted by molar-refractivity contribution is 9.10. The largest absolute Gasteiger partial charge is 0.492 e. The molecule has 0 atom stereocenters. The van der Waals surface area contributed by atoms with Crippen molar-refractivity contribution in [2.45, 2.75) is 101 Å². The van der Waals surface area contributed by atoms with Gasteiger partial charge in [0, 0.05) is 10.6 Å². The number of halogens is 1. The molecule has 1 aliphatic rings. The molecule has 0 radical (unpaired) electrons. The molecule has 0 saturated carbocycles. The van der Waals surface area contributed by atoms with E-state index in [1.54, 1.807) is 0 Å². The average Bonchev–Trinajstić information content (AvgIpc) is 3.20.